The van der Waals surface area contributed by atoms with Crippen LogP contribution in [0.15, 0.2) is 24.3 Å². The summed E-state index contributed by atoms with van der Waals surface area (Å²) >= 11 is 0. The van der Waals surface area contributed by atoms with Gasteiger partial charge in [0.2, 0.25) is 17.7 Å². The van der Waals surface area contributed by atoms with Gasteiger partial charge in [0.1, 0.15) is 0 Å². The summed E-state index contributed by atoms with van der Waals surface area (Å²) in [4.78, 5) is 38.6. The lowest BCUT2D eigenvalue weighted by molar-refractivity contribution is -0.139. The van der Waals surface area contributed by atoms with Gasteiger partial charge in [0.25, 0.3) is 0 Å². The van der Waals surface area contributed by atoms with Crippen molar-refractivity contribution in [3.63, 3.8) is 0 Å². The zero-order chi connectivity index (χ0) is 20.1. The van der Waals surface area contributed by atoms with E-state index in [0.29, 0.717) is 17.3 Å². The van der Waals surface area contributed by atoms with E-state index in [1.54, 1.807) is 18.2 Å². The van der Waals surface area contributed by atoms with Crippen molar-refractivity contribution in [1.29, 1.82) is 0 Å². The average Bonchev–Trinajstić information content (AvgIpc) is 2.68. The van der Waals surface area contributed by atoms with Gasteiger partial charge in [-0.15, -0.1) is 0 Å². The van der Waals surface area contributed by atoms with Gasteiger partial charge >= 0.3 is 0 Å². The lowest BCUT2D eigenvalue weighted by Crippen LogP contribution is -2.42. The van der Waals surface area contributed by atoms with Crippen LogP contribution < -0.4 is 10.6 Å². The number of anilines is 2. The summed E-state index contributed by atoms with van der Waals surface area (Å²) in [5.41, 5.74) is 1.34. The second-order valence-corrected chi connectivity index (χ2v) is 8.31. The van der Waals surface area contributed by atoms with Gasteiger partial charge in [0.15, 0.2) is 0 Å². The Bertz CT molecular complexity index is 717. The molecule has 6 nitrogen and oxygen atoms in total. The Morgan fingerprint density at radius 1 is 0.893 bits per heavy atom. The van der Waals surface area contributed by atoms with E-state index in [0.717, 1.165) is 51.6 Å². The monoisotopic (exact) mass is 385 g/mol. The molecule has 0 bridgehead atoms. The van der Waals surface area contributed by atoms with Crippen LogP contribution in [0.4, 0.5) is 11.4 Å². The van der Waals surface area contributed by atoms with E-state index in [1.807, 2.05) is 11.0 Å². The summed E-state index contributed by atoms with van der Waals surface area (Å²) in [6.07, 6.45) is 5.27. The third-order valence-electron chi connectivity index (χ3n) is 5.99. The molecule has 2 fully saturated rings. The van der Waals surface area contributed by atoms with Gasteiger partial charge in [-0.2, -0.15) is 0 Å². The number of nitrogens with one attached hydrogen (secondary N) is 2. The molecule has 0 spiro atoms. The number of carbonyl (C=O) groups excluding carboxylic acids is 3. The standard InChI is InChI=1S/C22H31N3O3/c1-15-10-12-25(13-11-15)22(28)18-8-6-17(7-9-18)21(27)24-20-5-3-4-19(14-20)23-16(2)26/h3-5,14-15,17-18H,6-13H2,1-2H3,(H,23,26)(H,24,27). The quantitative estimate of drug-likeness (QED) is 0.830. The van der Waals surface area contributed by atoms with Crippen LogP contribution in [-0.4, -0.2) is 35.7 Å². The lowest BCUT2D eigenvalue weighted by Gasteiger charge is -2.35. The second kappa shape index (κ2) is 9.22. The molecule has 2 aliphatic rings. The number of carbonyl (C=O) groups is 3. The first-order valence-corrected chi connectivity index (χ1v) is 10.4. The molecular weight excluding hydrogens is 354 g/mol. The number of piperidine rings is 1. The molecule has 0 aromatic heterocycles. The van der Waals surface area contributed by atoms with Gasteiger partial charge in [-0.3, -0.25) is 14.4 Å². The largest absolute Gasteiger partial charge is 0.342 e. The van der Waals surface area contributed by atoms with E-state index in [2.05, 4.69) is 17.6 Å². The van der Waals surface area contributed by atoms with Crippen molar-refractivity contribution in [3.05, 3.63) is 24.3 Å². The predicted molar refractivity (Wildman–Crippen MR) is 110 cm³/mol. The average molecular weight is 386 g/mol. The molecule has 3 amide bonds. The molecule has 1 aliphatic heterocycles. The van der Waals surface area contributed by atoms with Crippen LogP contribution in [0, 0.1) is 17.8 Å². The summed E-state index contributed by atoms with van der Waals surface area (Å²) in [5, 5.41) is 5.67. The Labute approximate surface area is 167 Å². The third kappa shape index (κ3) is 5.33. The zero-order valence-electron chi connectivity index (χ0n) is 16.9. The minimum absolute atomic E-state index is 0.00216. The highest BCUT2D eigenvalue weighted by Gasteiger charge is 2.33. The molecular formula is C22H31N3O3. The predicted octanol–water partition coefficient (Wildman–Crippen LogP) is 3.65. The molecule has 0 radical (unpaired) electrons. The minimum atomic E-state index is -0.144. The summed E-state index contributed by atoms with van der Waals surface area (Å²) in [7, 11) is 0. The summed E-state index contributed by atoms with van der Waals surface area (Å²) in [6.45, 7) is 5.46. The number of benzene rings is 1. The molecule has 1 heterocycles. The van der Waals surface area contributed by atoms with Gasteiger partial charge in [-0.05, 0) is 62.6 Å². The van der Waals surface area contributed by atoms with Crippen molar-refractivity contribution in [2.75, 3.05) is 23.7 Å². The SMILES string of the molecule is CC(=O)Nc1cccc(NC(=O)C2CCC(C(=O)N3CCC(C)CC3)CC2)c1. The maximum atomic E-state index is 12.7. The molecule has 3 rings (SSSR count). The topological polar surface area (TPSA) is 78.5 Å². The van der Waals surface area contributed by atoms with E-state index in [4.69, 9.17) is 0 Å². The van der Waals surface area contributed by atoms with Gasteiger partial charge < -0.3 is 15.5 Å². The van der Waals surface area contributed by atoms with E-state index in [9.17, 15) is 14.4 Å². The maximum Gasteiger partial charge on any atom is 0.227 e. The molecule has 1 aromatic rings. The smallest absolute Gasteiger partial charge is 0.227 e. The van der Waals surface area contributed by atoms with E-state index < -0.39 is 0 Å². The molecule has 6 heteroatoms. The Balaban J connectivity index is 1.48. The highest BCUT2D eigenvalue weighted by atomic mass is 16.2. The second-order valence-electron chi connectivity index (χ2n) is 8.31. The van der Waals surface area contributed by atoms with E-state index in [-0.39, 0.29) is 29.6 Å². The number of amides is 3. The molecule has 1 aromatic carbocycles. The maximum absolute atomic E-state index is 12.7. The first kappa shape index (κ1) is 20.4. The molecule has 1 aliphatic carbocycles. The molecule has 0 unspecified atom stereocenters. The Kier molecular flexibility index (Phi) is 6.70. The van der Waals surface area contributed by atoms with Crippen LogP contribution in [0.25, 0.3) is 0 Å². The summed E-state index contributed by atoms with van der Waals surface area (Å²) in [6, 6.07) is 7.16. The van der Waals surface area contributed by atoms with E-state index >= 15 is 0 Å². The van der Waals surface area contributed by atoms with Crippen molar-refractivity contribution in [2.45, 2.75) is 52.4 Å². The number of likely N-dealkylation sites (tertiary alicyclic amines) is 1. The fourth-order valence-electron chi connectivity index (χ4n) is 4.21. The first-order chi connectivity index (χ1) is 13.4. The summed E-state index contributed by atoms with van der Waals surface area (Å²) < 4.78 is 0. The zero-order valence-corrected chi connectivity index (χ0v) is 16.9. The third-order valence-corrected chi connectivity index (χ3v) is 5.99. The van der Waals surface area contributed by atoms with E-state index in [1.165, 1.54) is 6.92 Å². The number of hydrogen-bond donors (Lipinski definition) is 2. The van der Waals surface area contributed by atoms with Crippen LogP contribution in [0.3, 0.4) is 0 Å². The molecule has 28 heavy (non-hydrogen) atoms. The first-order valence-electron chi connectivity index (χ1n) is 10.4. The molecule has 1 saturated carbocycles. The highest BCUT2D eigenvalue weighted by Crippen LogP contribution is 2.32. The van der Waals surface area contributed by atoms with Gasteiger partial charge in [0, 0.05) is 43.2 Å². The van der Waals surface area contributed by atoms with Gasteiger partial charge in [-0.1, -0.05) is 13.0 Å². The van der Waals surface area contributed by atoms with Crippen molar-refractivity contribution in [1.82, 2.24) is 4.90 Å². The lowest BCUT2D eigenvalue weighted by atomic mass is 9.80. The van der Waals surface area contributed by atoms with Crippen molar-refractivity contribution >= 4 is 29.1 Å². The fourth-order valence-corrected chi connectivity index (χ4v) is 4.21. The van der Waals surface area contributed by atoms with Crippen LogP contribution in [0.2, 0.25) is 0 Å². The van der Waals surface area contributed by atoms with Crippen molar-refractivity contribution < 1.29 is 14.4 Å². The van der Waals surface area contributed by atoms with Crippen LogP contribution in [0.5, 0.6) is 0 Å². The normalized spacial score (nSPS) is 23.1. The van der Waals surface area contributed by atoms with Crippen LogP contribution >= 0.6 is 0 Å². The Morgan fingerprint density at radius 2 is 1.46 bits per heavy atom. The summed E-state index contributed by atoms with van der Waals surface area (Å²) in [5.74, 6) is 0.865. The number of hydrogen-bond acceptors (Lipinski definition) is 3. The molecule has 152 valence electrons. The van der Waals surface area contributed by atoms with Gasteiger partial charge in [0.05, 0.1) is 0 Å². The Morgan fingerprint density at radius 3 is 2.07 bits per heavy atom. The van der Waals surface area contributed by atoms with Gasteiger partial charge in [-0.25, -0.2) is 0 Å². The molecule has 0 atom stereocenters. The van der Waals surface area contributed by atoms with Crippen molar-refractivity contribution in [3.8, 4) is 0 Å². The van der Waals surface area contributed by atoms with Crippen LogP contribution in [-0.2, 0) is 14.4 Å². The number of nitrogens with zero attached hydrogens (tertiary/aromatic N) is 1. The fraction of sp³-hybridized carbons (Fsp3) is 0.591. The minimum Gasteiger partial charge on any atom is -0.342 e. The molecule has 1 saturated heterocycles. The van der Waals surface area contributed by atoms with Crippen LogP contribution in [0.1, 0.15) is 52.4 Å². The number of rotatable bonds is 4. The van der Waals surface area contributed by atoms with Crippen molar-refractivity contribution in [2.24, 2.45) is 17.8 Å². The highest BCUT2D eigenvalue weighted by molar-refractivity contribution is 5.94. The Hall–Kier alpha value is -2.37. The molecule has 2 N–H and O–H groups in total.